The van der Waals surface area contributed by atoms with Crippen LogP contribution in [0.5, 0.6) is 0 Å². The fourth-order valence-corrected chi connectivity index (χ4v) is 1.89. The summed E-state index contributed by atoms with van der Waals surface area (Å²) in [6, 6.07) is 9.71. The van der Waals surface area contributed by atoms with Crippen LogP contribution in [0.2, 0.25) is 0 Å². The third-order valence-corrected chi connectivity index (χ3v) is 2.78. The van der Waals surface area contributed by atoms with Crippen LogP contribution in [0.4, 0.5) is 4.39 Å². The summed E-state index contributed by atoms with van der Waals surface area (Å²) in [6.45, 7) is 0. The molecule has 3 rings (SSSR count). The Bertz CT molecular complexity index is 780. The maximum Gasteiger partial charge on any atom is 0.255 e. The Hall–Kier alpha value is -2.49. The van der Waals surface area contributed by atoms with Crippen LogP contribution in [0.25, 0.3) is 22.0 Å². The standard InChI is InChI=1S/C14H9FN2O/c15-11-4-3-9-6-10(8-17-13(9)7-11)12-2-1-5-16-14(12)18/h1-8H,(H,16,18). The first kappa shape index (κ1) is 10.7. The zero-order chi connectivity index (χ0) is 12.5. The van der Waals surface area contributed by atoms with Crippen molar-refractivity contribution in [3.8, 4) is 11.1 Å². The molecule has 0 unspecified atom stereocenters. The van der Waals surface area contributed by atoms with Crippen LogP contribution < -0.4 is 5.56 Å². The molecule has 3 aromatic rings. The van der Waals surface area contributed by atoms with Crippen molar-refractivity contribution in [1.82, 2.24) is 9.97 Å². The molecule has 2 aromatic heterocycles. The highest BCUT2D eigenvalue weighted by atomic mass is 19.1. The highest BCUT2D eigenvalue weighted by Crippen LogP contribution is 2.20. The van der Waals surface area contributed by atoms with Crippen molar-refractivity contribution in [2.75, 3.05) is 0 Å². The average molecular weight is 240 g/mol. The minimum absolute atomic E-state index is 0.166. The summed E-state index contributed by atoms with van der Waals surface area (Å²) >= 11 is 0. The molecule has 1 aromatic carbocycles. The second kappa shape index (κ2) is 4.07. The third kappa shape index (κ3) is 1.78. The van der Waals surface area contributed by atoms with E-state index >= 15 is 0 Å². The van der Waals surface area contributed by atoms with Crippen molar-refractivity contribution in [3.05, 3.63) is 65.0 Å². The predicted octanol–water partition coefficient (Wildman–Crippen LogP) is 2.73. The smallest absolute Gasteiger partial charge is 0.255 e. The second-order valence-electron chi connectivity index (χ2n) is 3.97. The van der Waals surface area contributed by atoms with Gasteiger partial charge in [-0.1, -0.05) is 0 Å². The van der Waals surface area contributed by atoms with Gasteiger partial charge in [0.25, 0.3) is 5.56 Å². The SMILES string of the molecule is O=c1[nH]cccc1-c1cnc2cc(F)ccc2c1. The number of nitrogens with zero attached hydrogens (tertiary/aromatic N) is 1. The van der Waals surface area contributed by atoms with Gasteiger partial charge in [-0.3, -0.25) is 9.78 Å². The van der Waals surface area contributed by atoms with Crippen molar-refractivity contribution in [1.29, 1.82) is 0 Å². The fraction of sp³-hybridized carbons (Fsp3) is 0. The number of nitrogens with one attached hydrogen (secondary N) is 1. The highest BCUT2D eigenvalue weighted by Gasteiger charge is 2.04. The van der Waals surface area contributed by atoms with Gasteiger partial charge in [0.05, 0.1) is 5.52 Å². The lowest BCUT2D eigenvalue weighted by Crippen LogP contribution is -2.06. The Labute approximate surface area is 102 Å². The zero-order valence-corrected chi connectivity index (χ0v) is 9.35. The molecule has 0 saturated carbocycles. The normalized spacial score (nSPS) is 10.7. The van der Waals surface area contributed by atoms with Crippen LogP contribution in [0.15, 0.2) is 53.6 Å². The van der Waals surface area contributed by atoms with Crippen molar-refractivity contribution < 1.29 is 4.39 Å². The Morgan fingerprint density at radius 1 is 1.17 bits per heavy atom. The molecule has 0 radical (unpaired) electrons. The van der Waals surface area contributed by atoms with E-state index in [1.807, 2.05) is 6.07 Å². The lowest BCUT2D eigenvalue weighted by Gasteiger charge is -2.02. The summed E-state index contributed by atoms with van der Waals surface area (Å²) < 4.78 is 13.0. The number of benzene rings is 1. The molecule has 0 aliphatic rings. The summed E-state index contributed by atoms with van der Waals surface area (Å²) in [6.07, 6.45) is 3.15. The molecule has 0 saturated heterocycles. The van der Waals surface area contributed by atoms with Gasteiger partial charge >= 0.3 is 0 Å². The summed E-state index contributed by atoms with van der Waals surface area (Å²) in [4.78, 5) is 18.4. The van der Waals surface area contributed by atoms with Crippen LogP contribution in [-0.2, 0) is 0 Å². The molecule has 4 heteroatoms. The van der Waals surface area contributed by atoms with E-state index in [4.69, 9.17) is 0 Å². The van der Waals surface area contributed by atoms with Gasteiger partial charge in [0, 0.05) is 35.0 Å². The first-order chi connectivity index (χ1) is 8.74. The predicted molar refractivity (Wildman–Crippen MR) is 67.8 cm³/mol. The van der Waals surface area contributed by atoms with Gasteiger partial charge in [0.1, 0.15) is 5.82 Å². The second-order valence-corrected chi connectivity index (χ2v) is 3.97. The van der Waals surface area contributed by atoms with E-state index in [-0.39, 0.29) is 11.4 Å². The topological polar surface area (TPSA) is 45.8 Å². The molecular formula is C14H9FN2O. The summed E-state index contributed by atoms with van der Waals surface area (Å²) in [5.41, 5.74) is 1.68. The van der Waals surface area contributed by atoms with E-state index < -0.39 is 0 Å². The number of rotatable bonds is 1. The van der Waals surface area contributed by atoms with Crippen LogP contribution in [0.3, 0.4) is 0 Å². The van der Waals surface area contributed by atoms with Gasteiger partial charge in [-0.15, -0.1) is 0 Å². The number of H-pyrrole nitrogens is 1. The van der Waals surface area contributed by atoms with Gasteiger partial charge < -0.3 is 4.98 Å². The molecule has 0 aliphatic heterocycles. The van der Waals surface area contributed by atoms with E-state index in [1.54, 1.807) is 30.6 Å². The summed E-state index contributed by atoms with van der Waals surface area (Å²) in [7, 11) is 0. The van der Waals surface area contributed by atoms with Crippen molar-refractivity contribution in [2.45, 2.75) is 0 Å². The molecule has 0 aliphatic carbocycles. The first-order valence-electron chi connectivity index (χ1n) is 5.47. The number of hydrogen-bond donors (Lipinski definition) is 1. The van der Waals surface area contributed by atoms with Crippen LogP contribution in [-0.4, -0.2) is 9.97 Å². The number of hydrogen-bond acceptors (Lipinski definition) is 2. The van der Waals surface area contributed by atoms with Crippen molar-refractivity contribution in [2.24, 2.45) is 0 Å². The molecule has 18 heavy (non-hydrogen) atoms. The summed E-state index contributed by atoms with van der Waals surface area (Å²) in [5, 5.41) is 0.803. The lowest BCUT2D eigenvalue weighted by molar-refractivity contribution is 0.629. The monoisotopic (exact) mass is 240 g/mol. The van der Waals surface area contributed by atoms with Crippen LogP contribution >= 0.6 is 0 Å². The lowest BCUT2D eigenvalue weighted by atomic mass is 10.1. The molecule has 3 nitrogen and oxygen atoms in total. The van der Waals surface area contributed by atoms with Crippen LogP contribution in [0, 0.1) is 5.82 Å². The van der Waals surface area contributed by atoms with Crippen molar-refractivity contribution in [3.63, 3.8) is 0 Å². The molecule has 1 N–H and O–H groups in total. The van der Waals surface area contributed by atoms with Gasteiger partial charge in [-0.2, -0.15) is 0 Å². The Morgan fingerprint density at radius 2 is 2.06 bits per heavy atom. The molecule has 0 fully saturated rings. The summed E-state index contributed by atoms with van der Waals surface area (Å²) in [5.74, 6) is -0.319. The molecular weight excluding hydrogens is 231 g/mol. The minimum atomic E-state index is -0.319. The Morgan fingerprint density at radius 3 is 2.89 bits per heavy atom. The number of aromatic nitrogens is 2. The minimum Gasteiger partial charge on any atom is -0.329 e. The number of pyridine rings is 2. The molecule has 88 valence electrons. The van der Waals surface area contributed by atoms with E-state index in [0.717, 1.165) is 10.9 Å². The van der Waals surface area contributed by atoms with Gasteiger partial charge in [-0.25, -0.2) is 4.39 Å². The average Bonchev–Trinajstić information content (AvgIpc) is 2.39. The molecule has 0 atom stereocenters. The number of fused-ring (bicyclic) bond motifs is 1. The van der Waals surface area contributed by atoms with Gasteiger partial charge in [-0.05, 0) is 30.3 Å². The maximum absolute atomic E-state index is 13.0. The zero-order valence-electron chi connectivity index (χ0n) is 9.35. The maximum atomic E-state index is 13.0. The largest absolute Gasteiger partial charge is 0.329 e. The molecule has 0 amide bonds. The number of halogens is 1. The quantitative estimate of drug-likeness (QED) is 0.710. The van der Waals surface area contributed by atoms with E-state index in [0.29, 0.717) is 11.1 Å². The molecule has 2 heterocycles. The molecule has 0 spiro atoms. The number of aromatic amines is 1. The highest BCUT2D eigenvalue weighted by molar-refractivity contribution is 5.83. The van der Waals surface area contributed by atoms with Crippen molar-refractivity contribution >= 4 is 10.9 Å². The van der Waals surface area contributed by atoms with Gasteiger partial charge in [0.2, 0.25) is 0 Å². The first-order valence-corrected chi connectivity index (χ1v) is 5.47. The van der Waals surface area contributed by atoms with E-state index in [9.17, 15) is 9.18 Å². The van der Waals surface area contributed by atoms with Crippen LogP contribution in [0.1, 0.15) is 0 Å². The van der Waals surface area contributed by atoms with E-state index in [2.05, 4.69) is 9.97 Å². The molecule has 0 bridgehead atoms. The third-order valence-electron chi connectivity index (χ3n) is 2.78. The van der Waals surface area contributed by atoms with Gasteiger partial charge in [0.15, 0.2) is 0 Å². The Kier molecular flexibility index (Phi) is 2.41. The fourth-order valence-electron chi connectivity index (χ4n) is 1.89. The Balaban J connectivity index is 2.23. The van der Waals surface area contributed by atoms with E-state index in [1.165, 1.54) is 12.1 Å².